The summed E-state index contributed by atoms with van der Waals surface area (Å²) >= 11 is 0. The third kappa shape index (κ3) is 3.19. The van der Waals surface area contributed by atoms with Crippen LogP contribution in [0.2, 0.25) is 0 Å². The lowest BCUT2D eigenvalue weighted by atomic mass is 10.2. The molecule has 5 heteroatoms. The van der Waals surface area contributed by atoms with Crippen LogP contribution in [0.3, 0.4) is 0 Å². The van der Waals surface area contributed by atoms with Crippen molar-refractivity contribution < 1.29 is 9.13 Å². The highest BCUT2D eigenvalue weighted by molar-refractivity contribution is 5.49. The van der Waals surface area contributed by atoms with Crippen LogP contribution in [-0.2, 0) is 6.54 Å². The molecular weight excluding hydrogens is 245 g/mol. The van der Waals surface area contributed by atoms with Crippen LogP contribution in [0.25, 0.3) is 0 Å². The third-order valence-electron chi connectivity index (χ3n) is 2.59. The number of anilines is 1. The minimum atomic E-state index is -0.399. The van der Waals surface area contributed by atoms with E-state index in [1.54, 1.807) is 24.4 Å². The smallest absolute Gasteiger partial charge is 0.165 e. The molecule has 2 aromatic rings. The lowest BCUT2D eigenvalue weighted by Gasteiger charge is -2.09. The highest BCUT2D eigenvalue weighted by Crippen LogP contribution is 2.21. The van der Waals surface area contributed by atoms with Gasteiger partial charge < -0.3 is 10.1 Å². The van der Waals surface area contributed by atoms with Gasteiger partial charge in [0.2, 0.25) is 0 Å². The molecule has 1 N–H and O–H groups in total. The molecule has 0 unspecified atom stereocenters. The molecule has 0 fully saturated rings. The van der Waals surface area contributed by atoms with Gasteiger partial charge in [0.25, 0.3) is 0 Å². The van der Waals surface area contributed by atoms with Gasteiger partial charge in [0, 0.05) is 24.5 Å². The zero-order valence-electron chi connectivity index (χ0n) is 10.4. The molecule has 0 saturated carbocycles. The van der Waals surface area contributed by atoms with E-state index in [0.29, 0.717) is 12.2 Å². The Bertz CT molecular complexity index is 622. The number of ether oxygens (including phenoxy) is 1. The van der Waals surface area contributed by atoms with Crippen molar-refractivity contribution in [3.05, 3.63) is 53.6 Å². The van der Waals surface area contributed by atoms with E-state index in [1.165, 1.54) is 13.2 Å². The zero-order valence-corrected chi connectivity index (χ0v) is 10.4. The average molecular weight is 257 g/mol. The van der Waals surface area contributed by atoms with Crippen LogP contribution < -0.4 is 10.1 Å². The number of hydrogen-bond acceptors (Lipinski definition) is 4. The summed E-state index contributed by atoms with van der Waals surface area (Å²) in [7, 11) is 1.42. The number of benzene rings is 1. The molecule has 19 heavy (non-hydrogen) atoms. The maximum Gasteiger partial charge on any atom is 0.165 e. The van der Waals surface area contributed by atoms with Gasteiger partial charge in [-0.25, -0.2) is 9.37 Å². The number of pyridine rings is 1. The van der Waals surface area contributed by atoms with Gasteiger partial charge in [0.15, 0.2) is 11.6 Å². The molecule has 1 heterocycles. The highest BCUT2D eigenvalue weighted by atomic mass is 19.1. The van der Waals surface area contributed by atoms with Crippen molar-refractivity contribution in [1.29, 1.82) is 5.26 Å². The molecular formula is C14H12FN3O. The summed E-state index contributed by atoms with van der Waals surface area (Å²) in [6, 6.07) is 10.1. The van der Waals surface area contributed by atoms with Gasteiger partial charge >= 0.3 is 0 Å². The SMILES string of the molecule is COc1cc(NCc2ccnc(C#N)c2)ccc1F. The Labute approximate surface area is 110 Å². The summed E-state index contributed by atoms with van der Waals surface area (Å²) < 4.78 is 18.1. The molecule has 0 amide bonds. The van der Waals surface area contributed by atoms with Crippen molar-refractivity contribution in [2.45, 2.75) is 6.54 Å². The van der Waals surface area contributed by atoms with Crippen LogP contribution in [0.4, 0.5) is 10.1 Å². The maximum atomic E-state index is 13.2. The first-order valence-electron chi connectivity index (χ1n) is 5.65. The van der Waals surface area contributed by atoms with Crippen molar-refractivity contribution in [1.82, 2.24) is 4.98 Å². The van der Waals surface area contributed by atoms with Gasteiger partial charge in [-0.15, -0.1) is 0 Å². The van der Waals surface area contributed by atoms with Gasteiger partial charge in [0.05, 0.1) is 7.11 Å². The van der Waals surface area contributed by atoms with E-state index in [9.17, 15) is 4.39 Å². The second-order valence-electron chi connectivity index (χ2n) is 3.86. The lowest BCUT2D eigenvalue weighted by Crippen LogP contribution is -2.01. The largest absolute Gasteiger partial charge is 0.494 e. The number of nitrogens with zero attached hydrogens (tertiary/aromatic N) is 2. The van der Waals surface area contributed by atoms with Crippen molar-refractivity contribution in [2.24, 2.45) is 0 Å². The standard InChI is InChI=1S/C14H12FN3O/c1-19-14-7-11(2-3-13(14)15)18-9-10-4-5-17-12(6-10)8-16/h2-7,18H,9H2,1H3. The lowest BCUT2D eigenvalue weighted by molar-refractivity contribution is 0.387. The van der Waals surface area contributed by atoms with E-state index < -0.39 is 5.82 Å². The van der Waals surface area contributed by atoms with Crippen LogP contribution in [0, 0.1) is 17.1 Å². The Hall–Kier alpha value is -2.61. The molecule has 0 bridgehead atoms. The Morgan fingerprint density at radius 1 is 1.37 bits per heavy atom. The summed E-state index contributed by atoms with van der Waals surface area (Å²) in [5.41, 5.74) is 2.04. The molecule has 0 atom stereocenters. The molecule has 0 aliphatic heterocycles. The second kappa shape index (κ2) is 5.83. The minimum absolute atomic E-state index is 0.192. The zero-order chi connectivity index (χ0) is 13.7. The van der Waals surface area contributed by atoms with Gasteiger partial charge in [-0.05, 0) is 29.8 Å². The van der Waals surface area contributed by atoms with Crippen molar-refractivity contribution in [3.8, 4) is 11.8 Å². The molecule has 1 aromatic carbocycles. The normalized spacial score (nSPS) is 9.74. The molecule has 0 radical (unpaired) electrons. The molecule has 2 rings (SSSR count). The van der Waals surface area contributed by atoms with Crippen molar-refractivity contribution >= 4 is 5.69 Å². The molecule has 0 aliphatic rings. The number of nitriles is 1. The number of halogens is 1. The van der Waals surface area contributed by atoms with Crippen LogP contribution in [0.15, 0.2) is 36.5 Å². The molecule has 4 nitrogen and oxygen atoms in total. The predicted octanol–water partition coefficient (Wildman–Crippen LogP) is 2.71. The van der Waals surface area contributed by atoms with Crippen molar-refractivity contribution in [3.63, 3.8) is 0 Å². The van der Waals surface area contributed by atoms with E-state index in [-0.39, 0.29) is 5.75 Å². The fraction of sp³-hybridized carbons (Fsp3) is 0.143. The monoisotopic (exact) mass is 257 g/mol. The van der Waals surface area contributed by atoms with E-state index in [4.69, 9.17) is 10.00 Å². The molecule has 0 aliphatic carbocycles. The first-order valence-corrected chi connectivity index (χ1v) is 5.65. The number of hydrogen-bond donors (Lipinski definition) is 1. The first-order chi connectivity index (χ1) is 9.22. The molecule has 96 valence electrons. The van der Waals surface area contributed by atoms with Gasteiger partial charge in [-0.1, -0.05) is 0 Å². The predicted molar refractivity (Wildman–Crippen MR) is 69.2 cm³/mol. The second-order valence-corrected chi connectivity index (χ2v) is 3.86. The van der Waals surface area contributed by atoms with Crippen molar-refractivity contribution in [2.75, 3.05) is 12.4 Å². The van der Waals surface area contributed by atoms with Gasteiger partial charge in [-0.3, -0.25) is 0 Å². The van der Waals surface area contributed by atoms with Crippen LogP contribution in [-0.4, -0.2) is 12.1 Å². The van der Waals surface area contributed by atoms with E-state index >= 15 is 0 Å². The fourth-order valence-electron chi connectivity index (χ4n) is 1.62. The van der Waals surface area contributed by atoms with E-state index in [2.05, 4.69) is 10.3 Å². The molecule has 0 saturated heterocycles. The van der Waals surface area contributed by atoms with E-state index in [1.807, 2.05) is 12.1 Å². The summed E-state index contributed by atoms with van der Waals surface area (Å²) in [5, 5.41) is 11.9. The maximum absolute atomic E-state index is 13.2. The quantitative estimate of drug-likeness (QED) is 0.914. The minimum Gasteiger partial charge on any atom is -0.494 e. The number of rotatable bonds is 4. The molecule has 1 aromatic heterocycles. The van der Waals surface area contributed by atoms with Gasteiger partial charge in [0.1, 0.15) is 11.8 Å². The first kappa shape index (κ1) is 12.8. The summed E-state index contributed by atoms with van der Waals surface area (Å²) in [6.45, 7) is 0.520. The number of methoxy groups -OCH3 is 1. The Kier molecular flexibility index (Phi) is 3.94. The third-order valence-corrected chi connectivity index (χ3v) is 2.59. The Morgan fingerprint density at radius 3 is 2.95 bits per heavy atom. The van der Waals surface area contributed by atoms with Crippen LogP contribution >= 0.6 is 0 Å². The Balaban J connectivity index is 2.08. The Morgan fingerprint density at radius 2 is 2.21 bits per heavy atom. The summed E-state index contributed by atoms with van der Waals surface area (Å²) in [6.07, 6.45) is 1.58. The highest BCUT2D eigenvalue weighted by Gasteiger charge is 2.03. The van der Waals surface area contributed by atoms with Gasteiger partial charge in [-0.2, -0.15) is 5.26 Å². The molecule has 0 spiro atoms. The van der Waals surface area contributed by atoms with Crippen LogP contribution in [0.5, 0.6) is 5.75 Å². The average Bonchev–Trinajstić information content (AvgIpc) is 2.46. The van der Waals surface area contributed by atoms with E-state index in [0.717, 1.165) is 11.3 Å². The summed E-state index contributed by atoms with van der Waals surface area (Å²) in [4.78, 5) is 3.89. The summed E-state index contributed by atoms with van der Waals surface area (Å²) in [5.74, 6) is -0.207. The number of nitrogens with one attached hydrogen (secondary N) is 1. The fourth-order valence-corrected chi connectivity index (χ4v) is 1.62. The van der Waals surface area contributed by atoms with Crippen LogP contribution in [0.1, 0.15) is 11.3 Å². The topological polar surface area (TPSA) is 57.9 Å². The number of aromatic nitrogens is 1.